The number of methoxy groups -OCH3 is 1. The second kappa shape index (κ2) is 7.34. The molecule has 2 rings (SSSR count). The molecule has 6 heteroatoms. The third-order valence-electron chi connectivity index (χ3n) is 3.78. The standard InChI is InChI=1S/C19H24N2O4/c1-19(2,3)21(18(22)23)12-13-11-16(9-10-17(13)20)25-15-7-5-14(24-4)6-8-15/h5-11H,12,20H2,1-4H3,(H,22,23). The van der Waals surface area contributed by atoms with Gasteiger partial charge in [0.15, 0.2) is 0 Å². The van der Waals surface area contributed by atoms with Gasteiger partial charge in [0.25, 0.3) is 0 Å². The van der Waals surface area contributed by atoms with Crippen molar-refractivity contribution in [3.05, 3.63) is 48.0 Å². The largest absolute Gasteiger partial charge is 0.497 e. The summed E-state index contributed by atoms with van der Waals surface area (Å²) in [4.78, 5) is 12.9. The Morgan fingerprint density at radius 2 is 1.64 bits per heavy atom. The first kappa shape index (κ1) is 18.4. The molecule has 0 bridgehead atoms. The van der Waals surface area contributed by atoms with Crippen LogP contribution >= 0.6 is 0 Å². The fraction of sp³-hybridized carbons (Fsp3) is 0.316. The minimum absolute atomic E-state index is 0.185. The summed E-state index contributed by atoms with van der Waals surface area (Å²) in [6, 6.07) is 12.4. The number of carboxylic acid groups (broad SMARTS) is 1. The molecule has 0 aliphatic carbocycles. The highest BCUT2D eigenvalue weighted by Crippen LogP contribution is 2.28. The molecule has 0 atom stereocenters. The summed E-state index contributed by atoms with van der Waals surface area (Å²) < 4.78 is 10.9. The summed E-state index contributed by atoms with van der Waals surface area (Å²) in [6.45, 7) is 5.71. The Hall–Kier alpha value is -2.89. The van der Waals surface area contributed by atoms with Crippen LogP contribution in [-0.2, 0) is 6.54 Å². The normalized spacial score (nSPS) is 11.0. The van der Waals surface area contributed by atoms with E-state index in [0.29, 0.717) is 22.7 Å². The molecule has 0 aliphatic rings. The Balaban J connectivity index is 2.22. The van der Waals surface area contributed by atoms with Gasteiger partial charge in [-0.25, -0.2) is 4.79 Å². The Morgan fingerprint density at radius 3 is 2.16 bits per heavy atom. The van der Waals surface area contributed by atoms with Crippen LogP contribution < -0.4 is 15.2 Å². The lowest BCUT2D eigenvalue weighted by Gasteiger charge is -2.33. The monoisotopic (exact) mass is 344 g/mol. The van der Waals surface area contributed by atoms with Gasteiger partial charge in [0.2, 0.25) is 0 Å². The molecule has 3 N–H and O–H groups in total. The molecular formula is C19H24N2O4. The van der Waals surface area contributed by atoms with E-state index in [2.05, 4.69) is 0 Å². The average Bonchev–Trinajstić information content (AvgIpc) is 2.54. The highest BCUT2D eigenvalue weighted by atomic mass is 16.5. The van der Waals surface area contributed by atoms with Gasteiger partial charge >= 0.3 is 6.09 Å². The topological polar surface area (TPSA) is 85.0 Å². The van der Waals surface area contributed by atoms with Gasteiger partial charge in [-0.05, 0) is 68.8 Å². The minimum Gasteiger partial charge on any atom is -0.497 e. The molecule has 0 fully saturated rings. The van der Waals surface area contributed by atoms with Crippen molar-refractivity contribution >= 4 is 11.8 Å². The van der Waals surface area contributed by atoms with Crippen LogP contribution in [0.1, 0.15) is 26.3 Å². The first-order valence-electron chi connectivity index (χ1n) is 7.91. The van der Waals surface area contributed by atoms with Crippen LogP contribution in [0.2, 0.25) is 0 Å². The quantitative estimate of drug-likeness (QED) is 0.788. The molecule has 6 nitrogen and oxygen atoms in total. The first-order chi connectivity index (χ1) is 11.7. The van der Waals surface area contributed by atoms with Gasteiger partial charge in [-0.1, -0.05) is 0 Å². The summed E-state index contributed by atoms with van der Waals surface area (Å²) in [5, 5.41) is 9.46. The molecule has 0 aromatic heterocycles. The number of rotatable bonds is 5. The van der Waals surface area contributed by atoms with Crippen LogP contribution in [-0.4, -0.2) is 28.7 Å². The molecule has 0 saturated heterocycles. The molecule has 25 heavy (non-hydrogen) atoms. The number of hydrogen-bond donors (Lipinski definition) is 2. The van der Waals surface area contributed by atoms with Gasteiger partial charge in [0.1, 0.15) is 17.2 Å². The maximum Gasteiger partial charge on any atom is 0.408 e. The van der Waals surface area contributed by atoms with Gasteiger partial charge in [0.05, 0.1) is 13.7 Å². The number of ether oxygens (including phenoxy) is 2. The number of nitrogens with zero attached hydrogens (tertiary/aromatic N) is 1. The van der Waals surface area contributed by atoms with Gasteiger partial charge in [-0.15, -0.1) is 0 Å². The molecule has 0 heterocycles. The maximum absolute atomic E-state index is 11.5. The van der Waals surface area contributed by atoms with Crippen molar-refractivity contribution in [2.75, 3.05) is 12.8 Å². The zero-order valence-corrected chi connectivity index (χ0v) is 14.9. The third-order valence-corrected chi connectivity index (χ3v) is 3.78. The number of amides is 1. The number of nitrogens with two attached hydrogens (primary N) is 1. The molecule has 134 valence electrons. The van der Waals surface area contributed by atoms with Crippen LogP contribution in [0.4, 0.5) is 10.5 Å². The Morgan fingerprint density at radius 1 is 1.08 bits per heavy atom. The molecule has 0 aliphatic heterocycles. The molecule has 0 saturated carbocycles. The minimum atomic E-state index is -0.992. The number of carbonyl (C=O) groups is 1. The summed E-state index contributed by atoms with van der Waals surface area (Å²) in [5.41, 5.74) is 6.71. The third kappa shape index (κ3) is 4.79. The van der Waals surface area contributed by atoms with Crippen LogP contribution in [0, 0.1) is 0 Å². The van der Waals surface area contributed by atoms with Crippen molar-refractivity contribution in [3.8, 4) is 17.2 Å². The molecule has 0 spiro atoms. The van der Waals surface area contributed by atoms with Gasteiger partial charge in [0, 0.05) is 11.2 Å². The van der Waals surface area contributed by atoms with Crippen molar-refractivity contribution in [3.63, 3.8) is 0 Å². The predicted octanol–water partition coefficient (Wildman–Crippen LogP) is 4.35. The SMILES string of the molecule is COc1ccc(Oc2ccc(N)c(CN(C(=O)O)C(C)(C)C)c2)cc1. The van der Waals surface area contributed by atoms with Crippen LogP contribution in [0.3, 0.4) is 0 Å². The highest BCUT2D eigenvalue weighted by molar-refractivity contribution is 5.66. The van der Waals surface area contributed by atoms with Crippen molar-refractivity contribution < 1.29 is 19.4 Å². The smallest absolute Gasteiger partial charge is 0.408 e. The summed E-state index contributed by atoms with van der Waals surface area (Å²) in [6.07, 6.45) is -0.992. The zero-order valence-electron chi connectivity index (χ0n) is 14.9. The van der Waals surface area contributed by atoms with Gasteiger partial charge in [-0.2, -0.15) is 0 Å². The van der Waals surface area contributed by atoms with E-state index in [-0.39, 0.29) is 6.54 Å². The van der Waals surface area contributed by atoms with E-state index in [4.69, 9.17) is 15.2 Å². The lowest BCUT2D eigenvalue weighted by molar-refractivity contribution is 0.0956. The van der Waals surface area contributed by atoms with E-state index >= 15 is 0 Å². The van der Waals surface area contributed by atoms with Crippen molar-refractivity contribution in [1.29, 1.82) is 0 Å². The number of hydrogen-bond acceptors (Lipinski definition) is 4. The van der Waals surface area contributed by atoms with E-state index in [1.54, 1.807) is 49.6 Å². The van der Waals surface area contributed by atoms with E-state index < -0.39 is 11.6 Å². The molecule has 0 radical (unpaired) electrons. The summed E-state index contributed by atoms with van der Waals surface area (Å²) >= 11 is 0. The Labute approximate surface area is 147 Å². The molecule has 2 aromatic rings. The van der Waals surface area contributed by atoms with Crippen LogP contribution in [0.15, 0.2) is 42.5 Å². The maximum atomic E-state index is 11.5. The summed E-state index contributed by atoms with van der Waals surface area (Å²) in [7, 11) is 1.60. The second-order valence-corrected chi connectivity index (χ2v) is 6.68. The molecular weight excluding hydrogens is 320 g/mol. The van der Waals surface area contributed by atoms with Crippen LogP contribution in [0.5, 0.6) is 17.2 Å². The number of nitrogen functional groups attached to an aromatic ring is 1. The Kier molecular flexibility index (Phi) is 5.41. The Bertz CT molecular complexity index is 736. The molecule has 0 unspecified atom stereocenters. The summed E-state index contributed by atoms with van der Waals surface area (Å²) in [5.74, 6) is 1.99. The second-order valence-electron chi connectivity index (χ2n) is 6.68. The number of benzene rings is 2. The molecule has 2 aromatic carbocycles. The van der Waals surface area contributed by atoms with E-state index in [9.17, 15) is 9.90 Å². The van der Waals surface area contributed by atoms with Crippen molar-refractivity contribution in [2.24, 2.45) is 0 Å². The van der Waals surface area contributed by atoms with Gasteiger partial charge in [-0.3, -0.25) is 4.90 Å². The van der Waals surface area contributed by atoms with Crippen molar-refractivity contribution in [2.45, 2.75) is 32.9 Å². The fourth-order valence-corrected chi connectivity index (χ4v) is 2.32. The van der Waals surface area contributed by atoms with Crippen molar-refractivity contribution in [1.82, 2.24) is 4.90 Å². The van der Waals surface area contributed by atoms with E-state index in [1.807, 2.05) is 20.8 Å². The fourth-order valence-electron chi connectivity index (χ4n) is 2.32. The predicted molar refractivity (Wildman–Crippen MR) is 97.2 cm³/mol. The first-order valence-corrected chi connectivity index (χ1v) is 7.91. The van der Waals surface area contributed by atoms with Crippen LogP contribution in [0.25, 0.3) is 0 Å². The molecule has 1 amide bonds. The lowest BCUT2D eigenvalue weighted by atomic mass is 10.0. The van der Waals surface area contributed by atoms with E-state index in [1.165, 1.54) is 4.90 Å². The highest BCUT2D eigenvalue weighted by Gasteiger charge is 2.26. The lowest BCUT2D eigenvalue weighted by Crippen LogP contribution is -2.44. The zero-order chi connectivity index (χ0) is 18.6. The van der Waals surface area contributed by atoms with Gasteiger partial charge < -0.3 is 20.3 Å². The average molecular weight is 344 g/mol. The number of anilines is 1. The van der Waals surface area contributed by atoms with E-state index in [0.717, 1.165) is 5.75 Å².